The van der Waals surface area contributed by atoms with E-state index in [9.17, 15) is 0 Å². The molecule has 96 valence electrons. The minimum Gasteiger partial charge on any atom is -0.343 e. The summed E-state index contributed by atoms with van der Waals surface area (Å²) in [6.45, 7) is 7.43. The van der Waals surface area contributed by atoms with Gasteiger partial charge in [0, 0.05) is 18.3 Å². The van der Waals surface area contributed by atoms with Crippen LogP contribution in [-0.2, 0) is 6.54 Å². The third-order valence-electron chi connectivity index (χ3n) is 3.77. The summed E-state index contributed by atoms with van der Waals surface area (Å²) in [7, 11) is 0. The highest BCUT2D eigenvalue weighted by Crippen LogP contribution is 2.20. The van der Waals surface area contributed by atoms with Crippen molar-refractivity contribution in [3.05, 3.63) is 70.9 Å². The van der Waals surface area contributed by atoms with Gasteiger partial charge in [-0.25, -0.2) is 0 Å². The Morgan fingerprint density at radius 1 is 0.842 bits per heavy atom. The number of fused-ring (bicyclic) bond motifs is 1. The zero-order valence-electron chi connectivity index (χ0n) is 11.8. The SMILES string of the molecule is Cc1ccc(C)c(Cn2ccc3ccc(C)cc32)c1. The van der Waals surface area contributed by atoms with Gasteiger partial charge in [0.2, 0.25) is 0 Å². The van der Waals surface area contributed by atoms with Crippen LogP contribution < -0.4 is 0 Å². The summed E-state index contributed by atoms with van der Waals surface area (Å²) >= 11 is 0. The second kappa shape index (κ2) is 4.58. The van der Waals surface area contributed by atoms with Gasteiger partial charge >= 0.3 is 0 Å². The van der Waals surface area contributed by atoms with Gasteiger partial charge in [-0.3, -0.25) is 0 Å². The third kappa shape index (κ3) is 2.28. The van der Waals surface area contributed by atoms with Crippen LogP contribution in [-0.4, -0.2) is 4.57 Å². The zero-order chi connectivity index (χ0) is 13.4. The summed E-state index contributed by atoms with van der Waals surface area (Å²) in [5.41, 5.74) is 6.72. The molecule has 0 fully saturated rings. The molecule has 1 nitrogen and oxygen atoms in total. The van der Waals surface area contributed by atoms with E-state index in [2.05, 4.69) is 74.0 Å². The highest BCUT2D eigenvalue weighted by Gasteiger charge is 2.04. The minimum atomic E-state index is 0.945. The molecule has 0 unspecified atom stereocenters. The molecule has 0 amide bonds. The van der Waals surface area contributed by atoms with E-state index in [1.807, 2.05) is 0 Å². The summed E-state index contributed by atoms with van der Waals surface area (Å²) < 4.78 is 2.34. The highest BCUT2D eigenvalue weighted by molar-refractivity contribution is 5.80. The average molecular weight is 249 g/mol. The maximum atomic E-state index is 2.34. The summed E-state index contributed by atoms with van der Waals surface area (Å²) in [6.07, 6.45) is 2.19. The fourth-order valence-electron chi connectivity index (χ4n) is 2.59. The monoisotopic (exact) mass is 249 g/mol. The summed E-state index contributed by atoms with van der Waals surface area (Å²) in [4.78, 5) is 0. The molecule has 1 heteroatoms. The van der Waals surface area contributed by atoms with Gasteiger partial charge in [-0.2, -0.15) is 0 Å². The standard InChI is InChI=1S/C18H19N/c1-13-4-6-15(3)17(10-13)12-19-9-8-16-7-5-14(2)11-18(16)19/h4-11H,12H2,1-3H3. The van der Waals surface area contributed by atoms with E-state index in [1.54, 1.807) is 0 Å². The van der Waals surface area contributed by atoms with E-state index in [0.717, 1.165) is 6.54 Å². The Labute approximate surface area is 114 Å². The molecule has 0 bridgehead atoms. The van der Waals surface area contributed by atoms with Crippen molar-refractivity contribution in [2.75, 3.05) is 0 Å². The van der Waals surface area contributed by atoms with Gasteiger partial charge in [0.25, 0.3) is 0 Å². The Morgan fingerprint density at radius 2 is 1.58 bits per heavy atom. The molecule has 3 rings (SSSR count). The van der Waals surface area contributed by atoms with Gasteiger partial charge in [0.1, 0.15) is 0 Å². The number of nitrogens with zero attached hydrogens (tertiary/aromatic N) is 1. The molecule has 2 aromatic carbocycles. The van der Waals surface area contributed by atoms with Crippen molar-refractivity contribution in [3.63, 3.8) is 0 Å². The highest BCUT2D eigenvalue weighted by atomic mass is 14.9. The van der Waals surface area contributed by atoms with E-state index in [1.165, 1.54) is 33.2 Å². The number of hydrogen-bond donors (Lipinski definition) is 0. The lowest BCUT2D eigenvalue weighted by atomic mass is 10.1. The lowest BCUT2D eigenvalue weighted by Crippen LogP contribution is -2.00. The van der Waals surface area contributed by atoms with Crippen LogP contribution in [0.3, 0.4) is 0 Å². The fraction of sp³-hybridized carbons (Fsp3) is 0.222. The van der Waals surface area contributed by atoms with Crippen LogP contribution in [0.1, 0.15) is 22.3 Å². The van der Waals surface area contributed by atoms with E-state index in [4.69, 9.17) is 0 Å². The Balaban J connectivity index is 2.05. The Kier molecular flexibility index (Phi) is 2.90. The van der Waals surface area contributed by atoms with Crippen molar-refractivity contribution in [1.29, 1.82) is 0 Å². The normalized spacial score (nSPS) is 11.1. The smallest absolute Gasteiger partial charge is 0.0486 e. The predicted octanol–water partition coefficient (Wildman–Crippen LogP) is 4.61. The minimum absolute atomic E-state index is 0.945. The van der Waals surface area contributed by atoms with Crippen LogP contribution >= 0.6 is 0 Å². The number of aromatic nitrogens is 1. The molecule has 3 aromatic rings. The van der Waals surface area contributed by atoms with E-state index < -0.39 is 0 Å². The van der Waals surface area contributed by atoms with Crippen LogP contribution in [0.15, 0.2) is 48.7 Å². The molecule has 0 radical (unpaired) electrons. The summed E-state index contributed by atoms with van der Waals surface area (Å²) in [6, 6.07) is 15.5. The lowest BCUT2D eigenvalue weighted by molar-refractivity contribution is 0.829. The van der Waals surface area contributed by atoms with Crippen molar-refractivity contribution < 1.29 is 0 Å². The molecule has 0 aliphatic rings. The first-order chi connectivity index (χ1) is 9.13. The first-order valence-corrected chi connectivity index (χ1v) is 6.75. The van der Waals surface area contributed by atoms with Crippen LogP contribution in [0, 0.1) is 20.8 Å². The Hall–Kier alpha value is -2.02. The molecular weight excluding hydrogens is 230 g/mol. The van der Waals surface area contributed by atoms with Crippen molar-refractivity contribution in [2.45, 2.75) is 27.3 Å². The maximum absolute atomic E-state index is 2.34. The molecule has 0 saturated heterocycles. The van der Waals surface area contributed by atoms with Crippen LogP contribution in [0.25, 0.3) is 10.9 Å². The first-order valence-electron chi connectivity index (χ1n) is 6.75. The average Bonchev–Trinajstić information content (AvgIpc) is 2.77. The quantitative estimate of drug-likeness (QED) is 0.625. The molecule has 0 atom stereocenters. The number of hydrogen-bond acceptors (Lipinski definition) is 0. The summed E-state index contributed by atoms with van der Waals surface area (Å²) in [5.74, 6) is 0. The van der Waals surface area contributed by atoms with E-state index in [0.29, 0.717) is 0 Å². The van der Waals surface area contributed by atoms with Crippen LogP contribution in [0.5, 0.6) is 0 Å². The Bertz CT molecular complexity index is 735. The largest absolute Gasteiger partial charge is 0.343 e. The van der Waals surface area contributed by atoms with Crippen LogP contribution in [0.2, 0.25) is 0 Å². The van der Waals surface area contributed by atoms with Crippen molar-refractivity contribution in [2.24, 2.45) is 0 Å². The van der Waals surface area contributed by atoms with Crippen molar-refractivity contribution >= 4 is 10.9 Å². The second-order valence-electron chi connectivity index (χ2n) is 5.44. The number of aryl methyl sites for hydroxylation is 3. The third-order valence-corrected chi connectivity index (χ3v) is 3.77. The van der Waals surface area contributed by atoms with Gasteiger partial charge in [-0.05, 0) is 55.0 Å². The van der Waals surface area contributed by atoms with Gasteiger partial charge in [0.15, 0.2) is 0 Å². The molecule has 0 spiro atoms. The van der Waals surface area contributed by atoms with Crippen molar-refractivity contribution in [3.8, 4) is 0 Å². The second-order valence-corrected chi connectivity index (χ2v) is 5.44. The fourth-order valence-corrected chi connectivity index (χ4v) is 2.59. The topological polar surface area (TPSA) is 4.93 Å². The lowest BCUT2D eigenvalue weighted by Gasteiger charge is -2.10. The first kappa shape index (κ1) is 12.0. The van der Waals surface area contributed by atoms with Gasteiger partial charge in [-0.1, -0.05) is 35.9 Å². The molecule has 0 saturated carbocycles. The molecule has 19 heavy (non-hydrogen) atoms. The van der Waals surface area contributed by atoms with Crippen LogP contribution in [0.4, 0.5) is 0 Å². The Morgan fingerprint density at radius 3 is 2.42 bits per heavy atom. The molecule has 1 aromatic heterocycles. The van der Waals surface area contributed by atoms with Gasteiger partial charge in [-0.15, -0.1) is 0 Å². The molecule has 1 heterocycles. The molecule has 0 aliphatic heterocycles. The van der Waals surface area contributed by atoms with Gasteiger partial charge < -0.3 is 4.57 Å². The number of benzene rings is 2. The zero-order valence-corrected chi connectivity index (χ0v) is 11.8. The summed E-state index contributed by atoms with van der Waals surface area (Å²) in [5, 5.41) is 1.32. The predicted molar refractivity (Wildman–Crippen MR) is 81.7 cm³/mol. The van der Waals surface area contributed by atoms with Gasteiger partial charge in [0.05, 0.1) is 0 Å². The molecule has 0 aliphatic carbocycles. The number of rotatable bonds is 2. The van der Waals surface area contributed by atoms with Crippen molar-refractivity contribution in [1.82, 2.24) is 4.57 Å². The van der Waals surface area contributed by atoms with E-state index in [-0.39, 0.29) is 0 Å². The van der Waals surface area contributed by atoms with E-state index >= 15 is 0 Å². The molecular formula is C18H19N. The molecule has 0 N–H and O–H groups in total. The maximum Gasteiger partial charge on any atom is 0.0486 e.